The van der Waals surface area contributed by atoms with Crippen molar-refractivity contribution in [2.45, 2.75) is 51.4 Å². The molecule has 0 spiro atoms. The van der Waals surface area contributed by atoms with Crippen LogP contribution < -0.4 is 0 Å². The van der Waals surface area contributed by atoms with Gasteiger partial charge in [0, 0.05) is 5.56 Å². The van der Waals surface area contributed by atoms with Crippen molar-refractivity contribution in [3.8, 4) is 0 Å². The largest absolute Gasteiger partial charge is 0.298 e. The smallest absolute Gasteiger partial charge is 0.150 e. The maximum atomic E-state index is 10.9. The lowest BCUT2D eigenvalue weighted by atomic mass is 9.85. The molecule has 1 nitrogen and oxygen atoms in total. The third-order valence-corrected chi connectivity index (χ3v) is 3.97. The van der Waals surface area contributed by atoms with Crippen LogP contribution >= 0.6 is 0 Å². The molecular formula is C16H22O. The molecule has 1 aromatic rings. The highest BCUT2D eigenvalue weighted by Crippen LogP contribution is 2.27. The predicted octanol–water partition coefficient (Wildman–Crippen LogP) is 4.40. The van der Waals surface area contributed by atoms with Crippen molar-refractivity contribution in [1.82, 2.24) is 0 Å². The fraction of sp³-hybridized carbons (Fsp3) is 0.562. The van der Waals surface area contributed by atoms with Gasteiger partial charge in [-0.1, -0.05) is 62.8 Å². The SMILES string of the molecule is O=Cc1ccccc1CCCC1CCCCC1. The van der Waals surface area contributed by atoms with Crippen molar-refractivity contribution in [1.29, 1.82) is 0 Å². The Morgan fingerprint density at radius 3 is 2.65 bits per heavy atom. The van der Waals surface area contributed by atoms with E-state index in [-0.39, 0.29) is 0 Å². The number of aldehydes is 1. The highest BCUT2D eigenvalue weighted by molar-refractivity contribution is 5.77. The van der Waals surface area contributed by atoms with Crippen LogP contribution in [0.5, 0.6) is 0 Å². The molecule has 1 aliphatic rings. The molecule has 1 fully saturated rings. The molecule has 0 N–H and O–H groups in total. The van der Waals surface area contributed by atoms with Gasteiger partial charge in [0.2, 0.25) is 0 Å². The normalized spacial score (nSPS) is 16.9. The van der Waals surface area contributed by atoms with Crippen molar-refractivity contribution in [3.63, 3.8) is 0 Å². The molecule has 0 bridgehead atoms. The number of aryl methyl sites for hydroxylation is 1. The average Bonchev–Trinajstić information content (AvgIpc) is 2.40. The third-order valence-electron chi connectivity index (χ3n) is 3.97. The van der Waals surface area contributed by atoms with E-state index in [2.05, 4.69) is 6.07 Å². The van der Waals surface area contributed by atoms with Crippen molar-refractivity contribution < 1.29 is 4.79 Å². The summed E-state index contributed by atoms with van der Waals surface area (Å²) in [7, 11) is 0. The number of carbonyl (C=O) groups excluding carboxylic acids is 1. The fourth-order valence-corrected chi connectivity index (χ4v) is 2.93. The Bertz CT molecular complexity index is 350. The molecular weight excluding hydrogens is 208 g/mol. The predicted molar refractivity (Wildman–Crippen MR) is 71.3 cm³/mol. The van der Waals surface area contributed by atoms with Gasteiger partial charge in [-0.2, -0.15) is 0 Å². The Balaban J connectivity index is 1.79. The number of rotatable bonds is 5. The van der Waals surface area contributed by atoms with Crippen molar-refractivity contribution in [2.75, 3.05) is 0 Å². The molecule has 0 atom stereocenters. The van der Waals surface area contributed by atoms with Crippen molar-refractivity contribution >= 4 is 6.29 Å². The molecule has 0 unspecified atom stereocenters. The molecule has 0 heterocycles. The first-order chi connectivity index (χ1) is 8.40. The summed E-state index contributed by atoms with van der Waals surface area (Å²) >= 11 is 0. The van der Waals surface area contributed by atoms with Gasteiger partial charge in [-0.15, -0.1) is 0 Å². The van der Waals surface area contributed by atoms with Gasteiger partial charge in [-0.3, -0.25) is 4.79 Å². The van der Waals surface area contributed by atoms with Gasteiger partial charge >= 0.3 is 0 Å². The summed E-state index contributed by atoms with van der Waals surface area (Å²) in [5, 5.41) is 0. The maximum Gasteiger partial charge on any atom is 0.150 e. The minimum atomic E-state index is 0.871. The number of hydrogen-bond acceptors (Lipinski definition) is 1. The van der Waals surface area contributed by atoms with Gasteiger partial charge in [0.15, 0.2) is 0 Å². The summed E-state index contributed by atoms with van der Waals surface area (Å²) in [5.41, 5.74) is 2.09. The van der Waals surface area contributed by atoms with E-state index in [9.17, 15) is 4.79 Å². The summed E-state index contributed by atoms with van der Waals surface area (Å²) in [6.07, 6.45) is 11.8. The van der Waals surface area contributed by atoms with Gasteiger partial charge in [-0.05, 0) is 24.3 Å². The van der Waals surface area contributed by atoms with Crippen LogP contribution in [0.4, 0.5) is 0 Å². The van der Waals surface area contributed by atoms with Crippen LogP contribution in [-0.2, 0) is 6.42 Å². The van der Waals surface area contributed by atoms with E-state index in [0.29, 0.717) is 0 Å². The Morgan fingerprint density at radius 1 is 1.12 bits per heavy atom. The molecule has 1 heteroatoms. The molecule has 1 saturated carbocycles. The molecule has 0 aliphatic heterocycles. The van der Waals surface area contributed by atoms with Gasteiger partial charge in [-0.25, -0.2) is 0 Å². The van der Waals surface area contributed by atoms with E-state index in [1.54, 1.807) is 0 Å². The molecule has 2 rings (SSSR count). The average molecular weight is 230 g/mol. The van der Waals surface area contributed by atoms with Gasteiger partial charge < -0.3 is 0 Å². The number of hydrogen-bond donors (Lipinski definition) is 0. The molecule has 0 saturated heterocycles. The standard InChI is InChI=1S/C16H22O/c17-13-16-11-5-4-10-15(16)12-6-9-14-7-2-1-3-8-14/h4-5,10-11,13-14H,1-3,6-9,12H2. The van der Waals surface area contributed by atoms with Crippen LogP contribution in [0.1, 0.15) is 60.9 Å². The maximum absolute atomic E-state index is 10.9. The second-order valence-corrected chi connectivity index (χ2v) is 5.21. The molecule has 1 aliphatic carbocycles. The molecule has 1 aromatic carbocycles. The highest BCUT2D eigenvalue weighted by Gasteiger charge is 2.12. The summed E-state index contributed by atoms with van der Waals surface area (Å²) in [6, 6.07) is 7.98. The molecule has 0 aromatic heterocycles. The Morgan fingerprint density at radius 2 is 1.88 bits per heavy atom. The van der Waals surface area contributed by atoms with E-state index >= 15 is 0 Å². The van der Waals surface area contributed by atoms with Crippen molar-refractivity contribution in [2.24, 2.45) is 5.92 Å². The van der Waals surface area contributed by atoms with Crippen LogP contribution in [0.15, 0.2) is 24.3 Å². The van der Waals surface area contributed by atoms with Crippen LogP contribution in [0.2, 0.25) is 0 Å². The minimum Gasteiger partial charge on any atom is -0.298 e. The topological polar surface area (TPSA) is 17.1 Å². The van der Waals surface area contributed by atoms with E-state index < -0.39 is 0 Å². The van der Waals surface area contributed by atoms with Gasteiger partial charge in [0.1, 0.15) is 6.29 Å². The van der Waals surface area contributed by atoms with Crippen molar-refractivity contribution in [3.05, 3.63) is 35.4 Å². The third kappa shape index (κ3) is 3.69. The molecule has 92 valence electrons. The van der Waals surface area contributed by atoms with Crippen LogP contribution in [0.25, 0.3) is 0 Å². The molecule has 0 amide bonds. The molecule has 17 heavy (non-hydrogen) atoms. The Kier molecular flexibility index (Phi) is 4.78. The number of benzene rings is 1. The van der Waals surface area contributed by atoms with E-state index in [4.69, 9.17) is 0 Å². The zero-order chi connectivity index (χ0) is 11.9. The Hall–Kier alpha value is -1.11. The Labute approximate surface area is 104 Å². The van der Waals surface area contributed by atoms with Crippen LogP contribution in [0.3, 0.4) is 0 Å². The monoisotopic (exact) mass is 230 g/mol. The minimum absolute atomic E-state index is 0.871. The number of carbonyl (C=O) groups is 1. The zero-order valence-electron chi connectivity index (χ0n) is 10.5. The summed E-state index contributed by atoms with van der Waals surface area (Å²) in [4.78, 5) is 10.9. The van der Waals surface area contributed by atoms with Crippen LogP contribution in [0, 0.1) is 5.92 Å². The van der Waals surface area contributed by atoms with Crippen LogP contribution in [-0.4, -0.2) is 6.29 Å². The van der Waals surface area contributed by atoms with Gasteiger partial charge in [0.05, 0.1) is 0 Å². The summed E-state index contributed by atoms with van der Waals surface area (Å²) in [6.45, 7) is 0. The van der Waals surface area contributed by atoms with Gasteiger partial charge in [0.25, 0.3) is 0 Å². The summed E-state index contributed by atoms with van der Waals surface area (Å²) < 4.78 is 0. The first kappa shape index (κ1) is 12.3. The second-order valence-electron chi connectivity index (χ2n) is 5.21. The fourth-order valence-electron chi connectivity index (χ4n) is 2.93. The first-order valence-corrected chi connectivity index (χ1v) is 6.93. The molecule has 0 radical (unpaired) electrons. The lowest BCUT2D eigenvalue weighted by Gasteiger charge is -2.21. The lowest BCUT2D eigenvalue weighted by Crippen LogP contribution is -2.06. The van der Waals surface area contributed by atoms with E-state index in [0.717, 1.165) is 24.2 Å². The van der Waals surface area contributed by atoms with E-state index in [1.165, 1.54) is 50.5 Å². The first-order valence-electron chi connectivity index (χ1n) is 6.93. The lowest BCUT2D eigenvalue weighted by molar-refractivity contribution is 0.112. The quantitative estimate of drug-likeness (QED) is 0.685. The van der Waals surface area contributed by atoms with E-state index in [1.807, 2.05) is 18.2 Å². The summed E-state index contributed by atoms with van der Waals surface area (Å²) in [5.74, 6) is 0.951. The second kappa shape index (κ2) is 6.58. The highest BCUT2D eigenvalue weighted by atomic mass is 16.1. The zero-order valence-corrected chi connectivity index (χ0v) is 10.5.